The molecule has 1 aromatic carbocycles. The molecule has 0 fully saturated rings. The van der Waals surface area contributed by atoms with Crippen LogP contribution in [0.2, 0.25) is 0 Å². The van der Waals surface area contributed by atoms with Crippen LogP contribution in [0.1, 0.15) is 21.5 Å². The summed E-state index contributed by atoms with van der Waals surface area (Å²) in [6.45, 7) is 0. The summed E-state index contributed by atoms with van der Waals surface area (Å²) < 4.78 is 1.54. The Kier molecular flexibility index (Phi) is 3.57. The highest BCUT2D eigenvalue weighted by molar-refractivity contribution is 5.94. The van der Waals surface area contributed by atoms with Gasteiger partial charge in [0.15, 0.2) is 5.82 Å². The standard InChI is InChI=1S/C18H17N5O/c1-22(16-8-13-4-2-3-5-14(13)9-16)18(24)15-6-7-20-17(10-15)23-12-19-11-21-23/h2-7,10-12,16H,8-9H2,1H3. The van der Waals surface area contributed by atoms with Gasteiger partial charge in [-0.2, -0.15) is 5.10 Å². The third kappa shape index (κ3) is 2.56. The van der Waals surface area contributed by atoms with E-state index in [1.807, 2.05) is 11.9 Å². The van der Waals surface area contributed by atoms with E-state index in [2.05, 4.69) is 39.3 Å². The Morgan fingerprint density at radius 1 is 1.21 bits per heavy atom. The minimum atomic E-state index is -0.00317. The summed E-state index contributed by atoms with van der Waals surface area (Å²) in [6.07, 6.45) is 6.44. The summed E-state index contributed by atoms with van der Waals surface area (Å²) in [5.41, 5.74) is 3.27. The lowest BCUT2D eigenvalue weighted by molar-refractivity contribution is 0.0737. The van der Waals surface area contributed by atoms with E-state index in [0.717, 1.165) is 12.8 Å². The number of nitrogens with zero attached hydrogens (tertiary/aromatic N) is 5. The summed E-state index contributed by atoms with van der Waals surface area (Å²) in [6, 6.07) is 12.1. The number of carbonyl (C=O) groups is 1. The van der Waals surface area contributed by atoms with E-state index in [0.29, 0.717) is 11.4 Å². The van der Waals surface area contributed by atoms with Gasteiger partial charge in [0.25, 0.3) is 5.91 Å². The molecule has 0 saturated carbocycles. The zero-order valence-electron chi connectivity index (χ0n) is 13.3. The van der Waals surface area contributed by atoms with Gasteiger partial charge in [0.1, 0.15) is 12.7 Å². The van der Waals surface area contributed by atoms with Crippen molar-refractivity contribution in [1.29, 1.82) is 0 Å². The van der Waals surface area contributed by atoms with Crippen LogP contribution in [-0.4, -0.2) is 43.6 Å². The monoisotopic (exact) mass is 319 g/mol. The van der Waals surface area contributed by atoms with Crippen molar-refractivity contribution in [1.82, 2.24) is 24.6 Å². The number of benzene rings is 1. The zero-order chi connectivity index (χ0) is 16.5. The van der Waals surface area contributed by atoms with E-state index < -0.39 is 0 Å². The maximum Gasteiger partial charge on any atom is 0.254 e. The first kappa shape index (κ1) is 14.6. The van der Waals surface area contributed by atoms with Crippen molar-refractivity contribution in [3.63, 3.8) is 0 Å². The van der Waals surface area contributed by atoms with Crippen LogP contribution >= 0.6 is 0 Å². The first-order valence-electron chi connectivity index (χ1n) is 7.87. The average molecular weight is 319 g/mol. The molecule has 0 unspecified atom stereocenters. The third-order valence-corrected chi connectivity index (χ3v) is 4.54. The summed E-state index contributed by atoms with van der Waals surface area (Å²) in [4.78, 5) is 22.8. The Balaban J connectivity index is 1.55. The van der Waals surface area contributed by atoms with Crippen LogP contribution in [0.5, 0.6) is 0 Å². The van der Waals surface area contributed by atoms with E-state index in [-0.39, 0.29) is 11.9 Å². The maximum atomic E-state index is 12.9. The van der Waals surface area contributed by atoms with Crippen molar-refractivity contribution in [3.8, 4) is 5.82 Å². The van der Waals surface area contributed by atoms with Crippen LogP contribution in [0.3, 0.4) is 0 Å². The second kappa shape index (κ2) is 5.88. The molecule has 3 aromatic rings. The van der Waals surface area contributed by atoms with Gasteiger partial charge in [-0.25, -0.2) is 14.6 Å². The highest BCUT2D eigenvalue weighted by Crippen LogP contribution is 2.25. The van der Waals surface area contributed by atoms with Crippen molar-refractivity contribution in [2.45, 2.75) is 18.9 Å². The molecule has 1 aliphatic rings. The first-order valence-corrected chi connectivity index (χ1v) is 7.87. The number of hydrogen-bond acceptors (Lipinski definition) is 4. The molecule has 2 heterocycles. The van der Waals surface area contributed by atoms with Gasteiger partial charge in [0, 0.05) is 24.8 Å². The minimum absolute atomic E-state index is 0.00317. The first-order chi connectivity index (χ1) is 11.7. The van der Waals surface area contributed by atoms with Crippen molar-refractivity contribution in [2.24, 2.45) is 0 Å². The molecule has 0 spiro atoms. The number of likely N-dealkylation sites (N-methyl/N-ethyl adjacent to an activating group) is 1. The number of amides is 1. The summed E-state index contributed by atoms with van der Waals surface area (Å²) in [7, 11) is 1.87. The van der Waals surface area contributed by atoms with Crippen LogP contribution in [0.25, 0.3) is 5.82 Å². The van der Waals surface area contributed by atoms with Gasteiger partial charge in [-0.1, -0.05) is 24.3 Å². The number of pyridine rings is 1. The fourth-order valence-corrected chi connectivity index (χ4v) is 3.18. The van der Waals surface area contributed by atoms with E-state index in [1.54, 1.807) is 29.3 Å². The molecule has 0 aliphatic heterocycles. The lowest BCUT2D eigenvalue weighted by Crippen LogP contribution is -2.37. The normalized spacial score (nSPS) is 13.7. The largest absolute Gasteiger partial charge is 0.338 e. The molecule has 6 heteroatoms. The number of hydrogen-bond donors (Lipinski definition) is 0. The quantitative estimate of drug-likeness (QED) is 0.740. The van der Waals surface area contributed by atoms with E-state index >= 15 is 0 Å². The number of carbonyl (C=O) groups excluding carboxylic acids is 1. The van der Waals surface area contributed by atoms with Gasteiger partial charge in [0.05, 0.1) is 0 Å². The van der Waals surface area contributed by atoms with Gasteiger partial charge in [-0.3, -0.25) is 4.79 Å². The predicted molar refractivity (Wildman–Crippen MR) is 88.9 cm³/mol. The minimum Gasteiger partial charge on any atom is -0.338 e. The molecule has 1 aliphatic carbocycles. The summed E-state index contributed by atoms with van der Waals surface area (Å²) >= 11 is 0. The topological polar surface area (TPSA) is 63.9 Å². The Bertz CT molecular complexity index is 850. The van der Waals surface area contributed by atoms with Crippen molar-refractivity contribution < 1.29 is 4.79 Å². The molecule has 2 aromatic heterocycles. The average Bonchev–Trinajstić information content (AvgIpc) is 3.30. The highest BCUT2D eigenvalue weighted by atomic mass is 16.2. The molecular weight excluding hydrogens is 302 g/mol. The fourth-order valence-electron chi connectivity index (χ4n) is 3.18. The predicted octanol–water partition coefficient (Wildman–Crippen LogP) is 1.90. The number of fused-ring (bicyclic) bond motifs is 1. The molecule has 6 nitrogen and oxygen atoms in total. The molecule has 0 radical (unpaired) electrons. The highest BCUT2D eigenvalue weighted by Gasteiger charge is 2.28. The molecule has 0 atom stereocenters. The van der Waals surface area contributed by atoms with Crippen molar-refractivity contribution >= 4 is 5.91 Å². The molecule has 0 N–H and O–H groups in total. The smallest absolute Gasteiger partial charge is 0.254 e. The molecule has 24 heavy (non-hydrogen) atoms. The van der Waals surface area contributed by atoms with Gasteiger partial charge >= 0.3 is 0 Å². The summed E-state index contributed by atoms with van der Waals surface area (Å²) in [5.74, 6) is 0.582. The van der Waals surface area contributed by atoms with E-state index in [4.69, 9.17) is 0 Å². The van der Waals surface area contributed by atoms with Crippen LogP contribution < -0.4 is 0 Å². The second-order valence-corrected chi connectivity index (χ2v) is 5.99. The van der Waals surface area contributed by atoms with Gasteiger partial charge in [-0.15, -0.1) is 0 Å². The molecular formula is C18H17N5O. The molecule has 120 valence electrons. The molecule has 4 rings (SSSR count). The van der Waals surface area contributed by atoms with Crippen LogP contribution in [0.4, 0.5) is 0 Å². The zero-order valence-corrected chi connectivity index (χ0v) is 13.3. The SMILES string of the molecule is CN(C(=O)c1ccnc(-n2cncn2)c1)C1Cc2ccccc2C1. The van der Waals surface area contributed by atoms with Crippen molar-refractivity contribution in [2.75, 3.05) is 7.05 Å². The van der Waals surface area contributed by atoms with Crippen LogP contribution in [0.15, 0.2) is 55.2 Å². The molecule has 0 saturated heterocycles. The van der Waals surface area contributed by atoms with E-state index in [1.165, 1.54) is 17.5 Å². The van der Waals surface area contributed by atoms with Crippen LogP contribution in [0, 0.1) is 0 Å². The van der Waals surface area contributed by atoms with Crippen LogP contribution in [-0.2, 0) is 12.8 Å². The Morgan fingerprint density at radius 2 is 1.96 bits per heavy atom. The number of rotatable bonds is 3. The lowest BCUT2D eigenvalue weighted by Gasteiger charge is -2.24. The fraction of sp³-hybridized carbons (Fsp3) is 0.222. The Morgan fingerprint density at radius 3 is 2.62 bits per heavy atom. The number of aromatic nitrogens is 4. The van der Waals surface area contributed by atoms with Gasteiger partial charge in [-0.05, 0) is 36.1 Å². The van der Waals surface area contributed by atoms with E-state index in [9.17, 15) is 4.79 Å². The Labute approximate surface area is 139 Å². The van der Waals surface area contributed by atoms with Gasteiger partial charge < -0.3 is 4.90 Å². The summed E-state index contributed by atoms with van der Waals surface area (Å²) in [5, 5.41) is 4.05. The van der Waals surface area contributed by atoms with Crippen molar-refractivity contribution in [3.05, 3.63) is 71.9 Å². The van der Waals surface area contributed by atoms with Gasteiger partial charge in [0.2, 0.25) is 0 Å². The Hall–Kier alpha value is -3.02. The maximum absolute atomic E-state index is 12.9. The molecule has 0 bridgehead atoms. The second-order valence-electron chi connectivity index (χ2n) is 5.99. The third-order valence-electron chi connectivity index (χ3n) is 4.54. The molecule has 1 amide bonds. The lowest BCUT2D eigenvalue weighted by atomic mass is 10.1.